The number of imide groups is 1. The van der Waals surface area contributed by atoms with Crippen molar-refractivity contribution in [2.75, 3.05) is 39.5 Å². The highest BCUT2D eigenvalue weighted by Gasteiger charge is 2.46. The number of ether oxygens (including phenoxy) is 2. The van der Waals surface area contributed by atoms with Gasteiger partial charge in [-0.3, -0.25) is 48.1 Å². The number of rotatable bonds is 23. The number of carbonyl (C=O) groups is 9. The number of aryl methyl sites for hydroxylation is 1. The summed E-state index contributed by atoms with van der Waals surface area (Å²) in [5.74, 6) is -6.17. The molecule has 5 atom stereocenters. The molecule has 0 spiro atoms. The summed E-state index contributed by atoms with van der Waals surface area (Å²) in [6.07, 6.45) is 1.37. The fourth-order valence-corrected chi connectivity index (χ4v) is 10.3. The van der Waals surface area contributed by atoms with E-state index in [4.69, 9.17) is 20.2 Å². The first-order valence-electron chi connectivity index (χ1n) is 25.9. The number of unbranched alkanes of at least 4 members (excludes halogenated alkanes) is 2. The molecule has 414 valence electrons. The van der Waals surface area contributed by atoms with Gasteiger partial charge in [0.05, 0.1) is 60.6 Å². The monoisotopic (exact) mass is 1080 g/mol. The van der Waals surface area contributed by atoms with Crippen LogP contribution in [-0.2, 0) is 78.6 Å². The number of likely N-dealkylation sites (tertiary alicyclic amines) is 1. The molecular weight excluding hydrogens is 1020 g/mol. The number of aliphatic hydroxyl groups is 1. The summed E-state index contributed by atoms with van der Waals surface area (Å²) in [6, 6.07) is 9.78. The number of aliphatic hydroxyl groups excluding tert-OH is 1. The number of pyridine rings is 2. The summed E-state index contributed by atoms with van der Waals surface area (Å²) < 4.78 is 27.2. The molecule has 2 aromatic carbocycles. The Bertz CT molecular complexity index is 3150. The number of esters is 1. The third kappa shape index (κ3) is 12.4. The first kappa shape index (κ1) is 56.2. The molecule has 1 saturated heterocycles. The van der Waals surface area contributed by atoms with Gasteiger partial charge in [0.2, 0.25) is 47.3 Å². The molecule has 8 amide bonds. The zero-order valence-corrected chi connectivity index (χ0v) is 43.5. The van der Waals surface area contributed by atoms with Crippen LogP contribution in [0.1, 0.15) is 110 Å². The van der Waals surface area contributed by atoms with Crippen molar-refractivity contribution in [2.24, 2.45) is 11.7 Å². The average Bonchev–Trinajstić information content (AvgIpc) is 4.16. The topological polar surface area (TPSA) is 329 Å². The van der Waals surface area contributed by atoms with Gasteiger partial charge in [-0.05, 0) is 74.3 Å². The Labute approximate surface area is 446 Å². The van der Waals surface area contributed by atoms with E-state index >= 15 is 4.39 Å². The molecule has 1 fully saturated rings. The highest BCUT2D eigenvalue weighted by molar-refractivity contribution is 6.04. The summed E-state index contributed by atoms with van der Waals surface area (Å²) >= 11 is 0. The van der Waals surface area contributed by atoms with Gasteiger partial charge in [0, 0.05) is 53.9 Å². The lowest BCUT2D eigenvalue weighted by Gasteiger charge is -2.29. The summed E-state index contributed by atoms with van der Waals surface area (Å²) in [5, 5.41) is 26.6. The van der Waals surface area contributed by atoms with Crippen LogP contribution in [0.15, 0.2) is 47.3 Å². The number of hydrogen-bond donors (Lipinski definition) is 8. The van der Waals surface area contributed by atoms with Gasteiger partial charge in [-0.25, -0.2) is 14.2 Å². The zero-order chi connectivity index (χ0) is 56.0. The fourth-order valence-electron chi connectivity index (χ4n) is 10.3. The number of nitrogens with one attached hydrogen (secondary N) is 6. The molecule has 3 aliphatic heterocycles. The second kappa shape index (κ2) is 24.2. The number of nitrogens with two attached hydrogens (primary N) is 1. The Morgan fingerprint density at radius 1 is 0.910 bits per heavy atom. The largest absolute Gasteiger partial charge is 0.458 e. The van der Waals surface area contributed by atoms with Gasteiger partial charge in [-0.2, -0.15) is 0 Å². The Morgan fingerprint density at radius 3 is 2.38 bits per heavy atom. The van der Waals surface area contributed by atoms with Gasteiger partial charge < -0.3 is 56.8 Å². The number of nitrogens with zero attached hydrogens (tertiary/aromatic N) is 3. The van der Waals surface area contributed by atoms with Crippen LogP contribution < -0.4 is 43.2 Å². The van der Waals surface area contributed by atoms with Gasteiger partial charge in [0.15, 0.2) is 6.10 Å². The van der Waals surface area contributed by atoms with Crippen LogP contribution in [0.3, 0.4) is 0 Å². The zero-order valence-electron chi connectivity index (χ0n) is 43.5. The number of amides is 8. The van der Waals surface area contributed by atoms with Crippen LogP contribution in [0, 0.1) is 18.7 Å². The number of halogens is 1. The summed E-state index contributed by atoms with van der Waals surface area (Å²) in [6.45, 7) is 2.89. The lowest BCUT2D eigenvalue weighted by Crippen LogP contribution is -2.52. The maximum Gasteiger partial charge on any atom is 0.340 e. The van der Waals surface area contributed by atoms with E-state index in [9.17, 15) is 53.1 Å². The van der Waals surface area contributed by atoms with Gasteiger partial charge >= 0.3 is 5.97 Å². The second-order valence-electron chi connectivity index (χ2n) is 20.2. The molecule has 4 aromatic rings. The number of cyclic esters (lactones) is 1. The van der Waals surface area contributed by atoms with E-state index in [1.807, 2.05) is 6.92 Å². The first-order chi connectivity index (χ1) is 37.3. The van der Waals surface area contributed by atoms with E-state index < -0.39 is 115 Å². The smallest absolute Gasteiger partial charge is 0.340 e. The maximum absolute atomic E-state index is 15.3. The van der Waals surface area contributed by atoms with E-state index in [1.165, 1.54) is 21.6 Å². The van der Waals surface area contributed by atoms with Crippen LogP contribution >= 0.6 is 0 Å². The van der Waals surface area contributed by atoms with Crippen molar-refractivity contribution in [2.45, 2.75) is 115 Å². The van der Waals surface area contributed by atoms with E-state index in [2.05, 4.69) is 31.9 Å². The molecule has 2 unspecified atom stereocenters. The highest BCUT2D eigenvalue weighted by atomic mass is 19.1. The van der Waals surface area contributed by atoms with Crippen LogP contribution in [-0.4, -0.2) is 124 Å². The van der Waals surface area contributed by atoms with Gasteiger partial charge in [-0.15, -0.1) is 0 Å². The van der Waals surface area contributed by atoms with Crippen molar-refractivity contribution in [3.63, 3.8) is 0 Å². The lowest BCUT2D eigenvalue weighted by molar-refractivity contribution is -0.157. The number of fused-ring (bicyclic) bond motifs is 5. The standard InChI is InChI=1S/C54H63FN10O13/c1-4-54(3,56)34-19-45(71)64(52(34)75)16-10-6-9-13-40(66)57-21-41(67)58-23-43(69)62-38(17-29-11-7-5-8-12-29)50(73)59-22-42(68)60-27-77-26-44(70)61-36-15-14-30-28(2)35(55)20-37-46(30)47(36)32-24-65-39(48(32)63-37)18-31-33(51(65)74)25-78-53(76)49(31)72/h5,7-8,11-12,18,20,34,36,38,49,72H,4,6,9-10,13-17,19,21-27,56H2,1-3H3,(H,57,66)(H,58,67)(H,59,73)(H,60,68)(H,61,70)(H,62,69)/t34?,36-,38-,49-,54?/m0/s1. The molecule has 5 heterocycles. The normalized spacial score (nSPS) is 18.2. The second-order valence-corrected chi connectivity index (χ2v) is 20.2. The van der Waals surface area contributed by atoms with Crippen LogP contribution in [0.4, 0.5) is 4.39 Å². The molecule has 0 saturated carbocycles. The van der Waals surface area contributed by atoms with Crippen molar-refractivity contribution in [3.8, 4) is 11.4 Å². The molecule has 24 heteroatoms. The third-order valence-electron chi connectivity index (χ3n) is 14.9. The van der Waals surface area contributed by atoms with Crippen LogP contribution in [0.25, 0.3) is 22.3 Å². The van der Waals surface area contributed by atoms with Crippen molar-refractivity contribution in [3.05, 3.63) is 97.6 Å². The molecule has 78 heavy (non-hydrogen) atoms. The van der Waals surface area contributed by atoms with Crippen molar-refractivity contribution >= 4 is 64.1 Å². The van der Waals surface area contributed by atoms with Gasteiger partial charge in [0.1, 0.15) is 31.8 Å². The Balaban J connectivity index is 0.771. The maximum atomic E-state index is 15.3. The molecule has 8 rings (SSSR count). The van der Waals surface area contributed by atoms with Crippen molar-refractivity contribution in [1.29, 1.82) is 0 Å². The van der Waals surface area contributed by atoms with Crippen LogP contribution in [0.5, 0.6) is 0 Å². The Hall–Kier alpha value is -7.96. The molecule has 0 radical (unpaired) electrons. The minimum absolute atomic E-state index is 0.0331. The fraction of sp³-hybridized carbons (Fsp3) is 0.463. The Morgan fingerprint density at radius 2 is 1.63 bits per heavy atom. The minimum Gasteiger partial charge on any atom is -0.458 e. The van der Waals surface area contributed by atoms with Gasteiger partial charge in [-0.1, -0.05) is 43.7 Å². The summed E-state index contributed by atoms with van der Waals surface area (Å²) in [7, 11) is 0. The third-order valence-corrected chi connectivity index (χ3v) is 14.9. The molecule has 2 aromatic heterocycles. The molecule has 1 aliphatic carbocycles. The van der Waals surface area contributed by atoms with Gasteiger partial charge in [0.25, 0.3) is 5.56 Å². The molecule has 4 aliphatic rings. The summed E-state index contributed by atoms with van der Waals surface area (Å²) in [5.41, 5.74) is 9.31. The number of benzene rings is 2. The van der Waals surface area contributed by atoms with E-state index in [1.54, 1.807) is 44.2 Å². The average molecular weight is 1080 g/mol. The highest BCUT2D eigenvalue weighted by Crippen LogP contribution is 2.45. The molecule has 23 nitrogen and oxygen atoms in total. The molecule has 0 bridgehead atoms. The summed E-state index contributed by atoms with van der Waals surface area (Å²) in [4.78, 5) is 135. The minimum atomic E-state index is -1.67. The number of hydrogen-bond acceptors (Lipinski definition) is 15. The SMILES string of the molecule is CCC(C)(N)C1CC(=O)N(CCCCCC(=O)NCC(=O)NCC(=O)N[C@@H](Cc2ccccc2)C(=O)NCC(=O)NCOCC(=O)N[C@H]2CCc3c(C)c(F)cc4nc5c(c2c34)Cn2c-5cc3c(c2=O)COC(=O)[C@H]3O)C1=O. The molecule has 9 N–H and O–H groups in total. The first-order valence-corrected chi connectivity index (χ1v) is 25.9. The van der Waals surface area contributed by atoms with E-state index in [-0.39, 0.29) is 61.9 Å². The predicted octanol–water partition coefficient (Wildman–Crippen LogP) is 0.296. The Kier molecular flexibility index (Phi) is 17.4. The van der Waals surface area contributed by atoms with Crippen molar-refractivity contribution in [1.82, 2.24) is 46.4 Å². The quantitative estimate of drug-likeness (QED) is 0.0189. The predicted molar refractivity (Wildman–Crippen MR) is 275 cm³/mol. The number of carbonyl (C=O) groups excluding carboxylic acids is 9. The lowest BCUT2D eigenvalue weighted by atomic mass is 9.81. The van der Waals surface area contributed by atoms with Crippen molar-refractivity contribution < 1.29 is 62.1 Å². The van der Waals surface area contributed by atoms with E-state index in [0.717, 1.165) is 5.56 Å². The van der Waals surface area contributed by atoms with Crippen LogP contribution in [0.2, 0.25) is 0 Å². The molecular formula is C54H63FN10O13. The number of aromatic nitrogens is 2. The van der Waals surface area contributed by atoms with E-state index in [0.29, 0.717) is 83.1 Å².